The highest BCUT2D eigenvalue weighted by Gasteiger charge is 2.25. The van der Waals surface area contributed by atoms with Crippen LogP contribution < -0.4 is 16.6 Å². The van der Waals surface area contributed by atoms with E-state index >= 15 is 4.39 Å². The minimum absolute atomic E-state index is 0.101. The minimum Gasteiger partial charge on any atom is -0.480 e. The number of halogens is 1. The predicted molar refractivity (Wildman–Crippen MR) is 126 cm³/mol. The summed E-state index contributed by atoms with van der Waals surface area (Å²) in [5, 5.41) is 12.3. The molecule has 2 fully saturated rings. The molecule has 0 saturated heterocycles. The number of amides is 1. The molecule has 0 unspecified atom stereocenters. The zero-order valence-electron chi connectivity index (χ0n) is 19.2. The Bertz CT molecular complexity index is 1180. The van der Waals surface area contributed by atoms with E-state index < -0.39 is 29.6 Å². The van der Waals surface area contributed by atoms with Crippen molar-refractivity contribution in [2.45, 2.75) is 76.4 Å². The molecule has 2 N–H and O–H groups in total. The fraction of sp³-hybridized carbons (Fsp3) is 0.583. The molecule has 0 bridgehead atoms. The molecular weight excluding hydrogens is 443 g/mol. The number of anilines is 1. The lowest BCUT2D eigenvalue weighted by molar-refractivity contribution is -0.140. The van der Waals surface area contributed by atoms with Crippen LogP contribution in [0.3, 0.4) is 0 Å². The molecule has 34 heavy (non-hydrogen) atoms. The Hall–Kier alpha value is -3.17. The highest BCUT2D eigenvalue weighted by Crippen LogP contribution is 2.32. The number of nitrogens with one attached hydrogen (secondary N) is 1. The van der Waals surface area contributed by atoms with Crippen LogP contribution in [-0.4, -0.2) is 50.7 Å². The number of fused-ring (bicyclic) bond motifs is 1. The zero-order chi connectivity index (χ0) is 24.2. The summed E-state index contributed by atoms with van der Waals surface area (Å²) in [7, 11) is 0. The smallest absolute Gasteiger partial charge is 0.331 e. The third-order valence-corrected chi connectivity index (χ3v) is 7.01. The quantitative estimate of drug-likeness (QED) is 0.541. The molecule has 1 aromatic heterocycles. The van der Waals surface area contributed by atoms with Gasteiger partial charge in [-0.3, -0.25) is 23.5 Å². The van der Waals surface area contributed by atoms with Crippen LogP contribution in [0.1, 0.15) is 63.8 Å². The van der Waals surface area contributed by atoms with Gasteiger partial charge in [0.1, 0.15) is 12.4 Å². The highest BCUT2D eigenvalue weighted by atomic mass is 19.1. The van der Waals surface area contributed by atoms with Crippen molar-refractivity contribution in [3.05, 3.63) is 38.8 Å². The third kappa shape index (κ3) is 5.00. The van der Waals surface area contributed by atoms with E-state index in [1.165, 1.54) is 12.5 Å². The Balaban J connectivity index is 1.77. The van der Waals surface area contributed by atoms with Crippen molar-refractivity contribution in [2.24, 2.45) is 0 Å². The van der Waals surface area contributed by atoms with Crippen molar-refractivity contribution >= 4 is 29.0 Å². The van der Waals surface area contributed by atoms with E-state index in [-0.39, 0.29) is 30.6 Å². The average molecular weight is 475 g/mol. The molecule has 10 heteroatoms. The SMILES string of the molecule is O=CN(CCn1c(=O)c2cc(F)c(NC3CCCCC3)cc2n(C2CCCC2)c1=O)CC(=O)O. The summed E-state index contributed by atoms with van der Waals surface area (Å²) in [6, 6.07) is 2.85. The lowest BCUT2D eigenvalue weighted by Gasteiger charge is -2.25. The summed E-state index contributed by atoms with van der Waals surface area (Å²) in [6.45, 7) is -0.825. The second-order valence-corrected chi connectivity index (χ2v) is 9.35. The van der Waals surface area contributed by atoms with Gasteiger partial charge in [-0.15, -0.1) is 0 Å². The monoisotopic (exact) mass is 474 g/mol. The number of aliphatic carboxylic acids is 1. The van der Waals surface area contributed by atoms with Crippen LogP contribution in [0.5, 0.6) is 0 Å². The molecule has 0 spiro atoms. The number of rotatable bonds is 9. The van der Waals surface area contributed by atoms with E-state index in [0.29, 0.717) is 17.6 Å². The van der Waals surface area contributed by atoms with Crippen LogP contribution in [0.4, 0.5) is 10.1 Å². The number of carbonyl (C=O) groups excluding carboxylic acids is 1. The van der Waals surface area contributed by atoms with E-state index in [1.807, 2.05) is 0 Å². The normalized spacial score (nSPS) is 17.2. The molecule has 1 aromatic carbocycles. The number of hydrogen-bond donors (Lipinski definition) is 2. The molecule has 2 aliphatic carbocycles. The molecule has 0 atom stereocenters. The molecule has 2 aromatic rings. The first-order valence-electron chi connectivity index (χ1n) is 12.1. The van der Waals surface area contributed by atoms with Gasteiger partial charge in [0.15, 0.2) is 0 Å². The molecule has 1 heterocycles. The summed E-state index contributed by atoms with van der Waals surface area (Å²) in [5.41, 5.74) is -0.439. The van der Waals surface area contributed by atoms with Crippen LogP contribution in [0, 0.1) is 5.82 Å². The number of carboxylic acid groups (broad SMARTS) is 1. The van der Waals surface area contributed by atoms with Gasteiger partial charge in [-0.25, -0.2) is 9.18 Å². The average Bonchev–Trinajstić information content (AvgIpc) is 3.34. The zero-order valence-corrected chi connectivity index (χ0v) is 19.2. The van der Waals surface area contributed by atoms with Gasteiger partial charge in [0.05, 0.1) is 16.6 Å². The Kier molecular flexibility index (Phi) is 7.33. The summed E-state index contributed by atoms with van der Waals surface area (Å²) in [6.07, 6.45) is 9.13. The largest absolute Gasteiger partial charge is 0.480 e. The number of aromatic nitrogens is 2. The third-order valence-electron chi connectivity index (χ3n) is 7.01. The van der Waals surface area contributed by atoms with Gasteiger partial charge in [0.2, 0.25) is 6.41 Å². The lowest BCUT2D eigenvalue weighted by atomic mass is 9.95. The van der Waals surface area contributed by atoms with Gasteiger partial charge in [-0.1, -0.05) is 32.1 Å². The molecule has 184 valence electrons. The Morgan fingerprint density at radius 2 is 1.79 bits per heavy atom. The van der Waals surface area contributed by atoms with Crippen LogP contribution in [0.15, 0.2) is 21.7 Å². The van der Waals surface area contributed by atoms with Crippen molar-refractivity contribution in [2.75, 3.05) is 18.4 Å². The first-order chi connectivity index (χ1) is 16.4. The fourth-order valence-electron chi connectivity index (χ4n) is 5.26. The van der Waals surface area contributed by atoms with Gasteiger partial charge in [0.25, 0.3) is 5.56 Å². The predicted octanol–water partition coefficient (Wildman–Crippen LogP) is 2.71. The molecule has 1 amide bonds. The Labute approximate surface area is 196 Å². The summed E-state index contributed by atoms with van der Waals surface area (Å²) in [4.78, 5) is 49.9. The maximum Gasteiger partial charge on any atom is 0.331 e. The van der Waals surface area contributed by atoms with Gasteiger partial charge >= 0.3 is 11.7 Å². The van der Waals surface area contributed by atoms with E-state index in [9.17, 15) is 19.2 Å². The van der Waals surface area contributed by atoms with Crippen molar-refractivity contribution in [3.63, 3.8) is 0 Å². The number of benzene rings is 1. The van der Waals surface area contributed by atoms with Gasteiger partial charge < -0.3 is 15.3 Å². The summed E-state index contributed by atoms with van der Waals surface area (Å²) >= 11 is 0. The molecule has 2 saturated carbocycles. The number of hydrogen-bond acceptors (Lipinski definition) is 5. The molecule has 2 aliphatic rings. The highest BCUT2D eigenvalue weighted by molar-refractivity contribution is 5.82. The lowest BCUT2D eigenvalue weighted by Crippen LogP contribution is -2.44. The first-order valence-corrected chi connectivity index (χ1v) is 12.1. The maximum atomic E-state index is 15.1. The van der Waals surface area contributed by atoms with E-state index in [4.69, 9.17) is 5.11 Å². The topological polar surface area (TPSA) is 114 Å². The van der Waals surface area contributed by atoms with Crippen LogP contribution >= 0.6 is 0 Å². The van der Waals surface area contributed by atoms with Crippen molar-refractivity contribution < 1.29 is 19.1 Å². The van der Waals surface area contributed by atoms with Crippen molar-refractivity contribution in [3.8, 4) is 0 Å². The standard InChI is InChI=1S/C24H31FN4O5/c25-19-12-18-21(13-20(19)26-16-6-2-1-3-7-16)29(17-8-4-5-9-17)24(34)28(23(18)33)11-10-27(15-30)14-22(31)32/h12-13,15-17,26H,1-11,14H2,(H,31,32). The second kappa shape index (κ2) is 10.4. The van der Waals surface area contributed by atoms with Crippen LogP contribution in [-0.2, 0) is 16.1 Å². The minimum atomic E-state index is -1.19. The van der Waals surface area contributed by atoms with E-state index in [0.717, 1.165) is 60.8 Å². The summed E-state index contributed by atoms with van der Waals surface area (Å²) < 4.78 is 17.7. The number of nitrogens with zero attached hydrogens (tertiary/aromatic N) is 3. The maximum absolute atomic E-state index is 15.1. The van der Waals surface area contributed by atoms with Crippen LogP contribution in [0.25, 0.3) is 10.9 Å². The van der Waals surface area contributed by atoms with Crippen molar-refractivity contribution in [1.29, 1.82) is 0 Å². The molecule has 4 rings (SSSR count). The Morgan fingerprint density at radius 3 is 2.44 bits per heavy atom. The number of carbonyl (C=O) groups is 2. The Morgan fingerprint density at radius 1 is 1.12 bits per heavy atom. The van der Waals surface area contributed by atoms with Gasteiger partial charge in [0, 0.05) is 25.2 Å². The molecule has 0 radical (unpaired) electrons. The molecule has 9 nitrogen and oxygen atoms in total. The first kappa shape index (κ1) is 24.0. The number of carboxylic acids is 1. The fourth-order valence-corrected chi connectivity index (χ4v) is 5.26. The summed E-state index contributed by atoms with van der Waals surface area (Å²) in [5.74, 6) is -1.74. The van der Waals surface area contributed by atoms with Crippen LogP contribution in [0.2, 0.25) is 0 Å². The van der Waals surface area contributed by atoms with Gasteiger partial charge in [-0.05, 0) is 37.8 Å². The van der Waals surface area contributed by atoms with E-state index in [1.54, 1.807) is 10.6 Å². The molecular formula is C24H31FN4O5. The van der Waals surface area contributed by atoms with Crippen molar-refractivity contribution in [1.82, 2.24) is 14.0 Å². The van der Waals surface area contributed by atoms with E-state index in [2.05, 4.69) is 5.32 Å². The second-order valence-electron chi connectivity index (χ2n) is 9.35. The van der Waals surface area contributed by atoms with Gasteiger partial charge in [-0.2, -0.15) is 0 Å². The molecule has 0 aliphatic heterocycles.